The van der Waals surface area contributed by atoms with E-state index < -0.39 is 0 Å². The average Bonchev–Trinajstić information content (AvgIpc) is 2.36. The van der Waals surface area contributed by atoms with Gasteiger partial charge in [-0.3, -0.25) is 0 Å². The van der Waals surface area contributed by atoms with Crippen LogP contribution in [0.25, 0.3) is 0 Å². The summed E-state index contributed by atoms with van der Waals surface area (Å²) in [6, 6.07) is 5.43. The lowest BCUT2D eigenvalue weighted by Gasteiger charge is -2.16. The molecular weight excluding hydrogens is 249 g/mol. The third-order valence-electron chi connectivity index (χ3n) is 3.22. The fourth-order valence-corrected chi connectivity index (χ4v) is 2.35. The average molecular weight is 272 g/mol. The molecule has 0 bridgehead atoms. The second kappa shape index (κ2) is 8.49. The van der Waals surface area contributed by atoms with Crippen molar-refractivity contribution in [2.24, 2.45) is 0 Å². The lowest BCUT2D eigenvalue weighted by Crippen LogP contribution is -2.29. The van der Waals surface area contributed by atoms with Crippen LogP contribution in [-0.4, -0.2) is 12.6 Å². The number of rotatable bonds is 8. The van der Waals surface area contributed by atoms with Crippen LogP contribution in [0.4, 0.5) is 4.39 Å². The third-order valence-corrected chi connectivity index (χ3v) is 3.57. The highest BCUT2D eigenvalue weighted by Gasteiger charge is 2.09. The minimum atomic E-state index is -0.183. The van der Waals surface area contributed by atoms with Crippen molar-refractivity contribution in [2.75, 3.05) is 6.54 Å². The minimum absolute atomic E-state index is 0.183. The van der Waals surface area contributed by atoms with Gasteiger partial charge in [0.25, 0.3) is 0 Å². The van der Waals surface area contributed by atoms with E-state index >= 15 is 0 Å². The third kappa shape index (κ3) is 4.95. The first-order valence-electron chi connectivity index (χ1n) is 6.85. The molecule has 1 rings (SSSR count). The van der Waals surface area contributed by atoms with Crippen LogP contribution >= 0.6 is 11.6 Å². The summed E-state index contributed by atoms with van der Waals surface area (Å²) >= 11 is 6.01. The van der Waals surface area contributed by atoms with Crippen LogP contribution in [0.3, 0.4) is 0 Å². The second-order valence-electron chi connectivity index (χ2n) is 4.65. The molecule has 0 saturated heterocycles. The molecule has 1 aromatic rings. The normalized spacial score (nSPS) is 12.7. The molecule has 1 atom stereocenters. The summed E-state index contributed by atoms with van der Waals surface area (Å²) in [5.74, 6) is -0.183. The summed E-state index contributed by atoms with van der Waals surface area (Å²) in [6.45, 7) is 5.40. The predicted molar refractivity (Wildman–Crippen MR) is 76.7 cm³/mol. The van der Waals surface area contributed by atoms with Crippen molar-refractivity contribution < 1.29 is 4.39 Å². The molecule has 102 valence electrons. The molecule has 1 aromatic carbocycles. The Morgan fingerprint density at radius 2 is 2.11 bits per heavy atom. The van der Waals surface area contributed by atoms with Crippen LogP contribution in [0.2, 0.25) is 5.02 Å². The summed E-state index contributed by atoms with van der Waals surface area (Å²) in [4.78, 5) is 0. The van der Waals surface area contributed by atoms with E-state index in [2.05, 4.69) is 19.2 Å². The molecule has 18 heavy (non-hydrogen) atoms. The maximum atomic E-state index is 13.6. The largest absolute Gasteiger partial charge is 0.314 e. The van der Waals surface area contributed by atoms with E-state index in [1.807, 2.05) is 0 Å². The molecule has 0 radical (unpaired) electrons. The van der Waals surface area contributed by atoms with Gasteiger partial charge in [-0.05, 0) is 50.8 Å². The van der Waals surface area contributed by atoms with Gasteiger partial charge in [-0.15, -0.1) is 0 Å². The van der Waals surface area contributed by atoms with Gasteiger partial charge in [0.2, 0.25) is 0 Å². The van der Waals surface area contributed by atoms with Crippen LogP contribution < -0.4 is 5.32 Å². The maximum Gasteiger partial charge on any atom is 0.127 e. The topological polar surface area (TPSA) is 12.0 Å². The summed E-state index contributed by atoms with van der Waals surface area (Å²) in [5.41, 5.74) is 0.657. The molecule has 0 spiro atoms. The van der Waals surface area contributed by atoms with Crippen molar-refractivity contribution in [3.05, 3.63) is 34.6 Å². The molecule has 0 aliphatic heterocycles. The van der Waals surface area contributed by atoms with Gasteiger partial charge in [0.1, 0.15) is 5.82 Å². The lowest BCUT2D eigenvalue weighted by atomic mass is 10.0. The Balaban J connectivity index is 2.40. The highest BCUT2D eigenvalue weighted by atomic mass is 35.5. The molecule has 0 aromatic heterocycles. The zero-order valence-electron chi connectivity index (χ0n) is 11.3. The number of nitrogens with one attached hydrogen (secondary N) is 1. The van der Waals surface area contributed by atoms with Gasteiger partial charge in [-0.1, -0.05) is 31.5 Å². The molecule has 0 amide bonds. The van der Waals surface area contributed by atoms with Crippen molar-refractivity contribution in [1.29, 1.82) is 0 Å². The number of hydrogen-bond acceptors (Lipinski definition) is 1. The van der Waals surface area contributed by atoms with Crippen molar-refractivity contribution in [1.82, 2.24) is 5.32 Å². The van der Waals surface area contributed by atoms with Gasteiger partial charge in [0.05, 0.1) is 0 Å². The first kappa shape index (κ1) is 15.5. The van der Waals surface area contributed by atoms with Crippen LogP contribution in [-0.2, 0) is 6.42 Å². The molecular formula is C15H23ClFN. The van der Waals surface area contributed by atoms with E-state index in [4.69, 9.17) is 11.6 Å². The Bertz CT molecular complexity index is 334. The maximum absolute atomic E-state index is 13.6. The molecule has 1 nitrogen and oxygen atoms in total. The van der Waals surface area contributed by atoms with Gasteiger partial charge in [-0.25, -0.2) is 4.39 Å². The zero-order valence-corrected chi connectivity index (χ0v) is 12.1. The van der Waals surface area contributed by atoms with E-state index in [1.54, 1.807) is 12.1 Å². The molecule has 1 N–H and O–H groups in total. The number of hydrogen-bond donors (Lipinski definition) is 1. The standard InChI is InChI=1S/C15H23ClFN/c1-3-11-18-12(4-2)7-5-8-13-14(16)9-6-10-15(13)17/h6,9-10,12,18H,3-5,7-8,11H2,1-2H3. The summed E-state index contributed by atoms with van der Waals surface area (Å²) < 4.78 is 13.6. The summed E-state index contributed by atoms with van der Waals surface area (Å²) in [6.07, 6.45) is 5.02. The fraction of sp³-hybridized carbons (Fsp3) is 0.600. The zero-order chi connectivity index (χ0) is 13.4. The highest BCUT2D eigenvalue weighted by molar-refractivity contribution is 6.31. The Kier molecular flexibility index (Phi) is 7.29. The molecule has 3 heteroatoms. The molecule has 0 saturated carbocycles. The molecule has 1 unspecified atom stereocenters. The summed E-state index contributed by atoms with van der Waals surface area (Å²) in [7, 11) is 0. The van der Waals surface area contributed by atoms with E-state index in [1.165, 1.54) is 6.07 Å². The van der Waals surface area contributed by atoms with Gasteiger partial charge >= 0.3 is 0 Å². The Hall–Kier alpha value is -0.600. The first-order valence-corrected chi connectivity index (χ1v) is 7.23. The van der Waals surface area contributed by atoms with Gasteiger partial charge in [0, 0.05) is 16.6 Å². The summed E-state index contributed by atoms with van der Waals surface area (Å²) in [5, 5.41) is 4.05. The number of halogens is 2. The van der Waals surface area contributed by atoms with Crippen LogP contribution in [0.5, 0.6) is 0 Å². The number of benzene rings is 1. The van der Waals surface area contributed by atoms with Crippen LogP contribution in [0, 0.1) is 5.82 Å². The van der Waals surface area contributed by atoms with Crippen molar-refractivity contribution in [2.45, 2.75) is 52.0 Å². The van der Waals surface area contributed by atoms with Gasteiger partial charge in [0.15, 0.2) is 0 Å². The first-order chi connectivity index (χ1) is 8.69. The van der Waals surface area contributed by atoms with Crippen LogP contribution in [0.15, 0.2) is 18.2 Å². The highest BCUT2D eigenvalue weighted by Crippen LogP contribution is 2.21. The smallest absolute Gasteiger partial charge is 0.127 e. The van der Waals surface area contributed by atoms with Crippen LogP contribution in [0.1, 0.15) is 45.1 Å². The minimum Gasteiger partial charge on any atom is -0.314 e. The van der Waals surface area contributed by atoms with E-state index in [0.29, 0.717) is 16.6 Å². The van der Waals surface area contributed by atoms with Crippen molar-refractivity contribution in [3.8, 4) is 0 Å². The van der Waals surface area contributed by atoms with Crippen molar-refractivity contribution >= 4 is 11.6 Å². The molecule has 0 heterocycles. The predicted octanol–water partition coefficient (Wildman–Crippen LogP) is 4.58. The second-order valence-corrected chi connectivity index (χ2v) is 5.06. The Morgan fingerprint density at radius 1 is 1.33 bits per heavy atom. The Labute approximate surface area is 115 Å². The van der Waals surface area contributed by atoms with Gasteiger partial charge in [-0.2, -0.15) is 0 Å². The Morgan fingerprint density at radius 3 is 2.72 bits per heavy atom. The lowest BCUT2D eigenvalue weighted by molar-refractivity contribution is 0.454. The van der Waals surface area contributed by atoms with Gasteiger partial charge < -0.3 is 5.32 Å². The van der Waals surface area contributed by atoms with E-state index in [0.717, 1.165) is 38.6 Å². The van der Waals surface area contributed by atoms with Crippen molar-refractivity contribution in [3.63, 3.8) is 0 Å². The van der Waals surface area contributed by atoms with E-state index in [9.17, 15) is 4.39 Å². The quantitative estimate of drug-likeness (QED) is 0.730. The molecule has 0 aliphatic rings. The monoisotopic (exact) mass is 271 g/mol. The SMILES string of the molecule is CCCNC(CC)CCCc1c(F)cccc1Cl. The van der Waals surface area contributed by atoms with E-state index in [-0.39, 0.29) is 5.82 Å². The molecule has 0 fully saturated rings. The molecule has 0 aliphatic carbocycles. The fourth-order valence-electron chi connectivity index (χ4n) is 2.10.